The zero-order valence-corrected chi connectivity index (χ0v) is 26.9. The van der Waals surface area contributed by atoms with Crippen molar-refractivity contribution in [1.29, 1.82) is 0 Å². The molecule has 1 aromatic heterocycles. The molecule has 41 heavy (non-hydrogen) atoms. The quantitative estimate of drug-likeness (QED) is 0.289. The molecule has 2 aliphatic rings. The van der Waals surface area contributed by atoms with Crippen molar-refractivity contribution in [2.75, 3.05) is 23.3 Å². The molecule has 0 aliphatic carbocycles. The number of pyridine rings is 1. The van der Waals surface area contributed by atoms with E-state index < -0.39 is 0 Å². The molecule has 3 heterocycles. The Morgan fingerprint density at radius 1 is 1.05 bits per heavy atom. The summed E-state index contributed by atoms with van der Waals surface area (Å²) in [4.78, 5) is 21.3. The molecule has 0 saturated carbocycles. The number of hydrogen-bond acceptors (Lipinski definition) is 4. The summed E-state index contributed by atoms with van der Waals surface area (Å²) in [5.74, 6) is 2.39. The van der Waals surface area contributed by atoms with Crippen molar-refractivity contribution in [1.82, 2.24) is 4.57 Å². The largest absolute Gasteiger partial charge is 0.372 e. The summed E-state index contributed by atoms with van der Waals surface area (Å²) < 4.78 is 2.64. The van der Waals surface area contributed by atoms with Gasteiger partial charge in [0.1, 0.15) is 11.3 Å². The number of rotatable bonds is 7. The summed E-state index contributed by atoms with van der Waals surface area (Å²) in [7, 11) is 0. The third-order valence-corrected chi connectivity index (χ3v) is 9.39. The molecule has 0 bridgehead atoms. The van der Waals surface area contributed by atoms with E-state index in [1.165, 1.54) is 30.5 Å². The van der Waals surface area contributed by atoms with E-state index in [9.17, 15) is 4.79 Å². The van der Waals surface area contributed by atoms with Crippen LogP contribution in [0.2, 0.25) is 5.02 Å². The fourth-order valence-corrected chi connectivity index (χ4v) is 6.81. The minimum atomic E-state index is -0.0894. The van der Waals surface area contributed by atoms with E-state index in [0.29, 0.717) is 22.6 Å². The van der Waals surface area contributed by atoms with Crippen molar-refractivity contribution in [2.45, 2.75) is 66.3 Å². The van der Waals surface area contributed by atoms with Crippen molar-refractivity contribution in [3.8, 4) is 11.1 Å². The van der Waals surface area contributed by atoms with Crippen LogP contribution in [0.4, 0.5) is 11.4 Å². The van der Waals surface area contributed by atoms with E-state index in [1.807, 2.05) is 31.2 Å². The molecule has 0 amide bonds. The molecule has 1 saturated heterocycles. The first-order valence-electron chi connectivity index (χ1n) is 14.9. The maximum absolute atomic E-state index is 13.7. The minimum Gasteiger partial charge on any atom is -0.372 e. The van der Waals surface area contributed by atoms with Gasteiger partial charge < -0.3 is 10.2 Å². The number of allylic oxidation sites excluding steroid dienone is 1. The average Bonchev–Trinajstić information content (AvgIpc) is 3.31. The summed E-state index contributed by atoms with van der Waals surface area (Å²) in [6.07, 6.45) is 7.63. The number of nitrogens with one attached hydrogen (secondary N) is 1. The van der Waals surface area contributed by atoms with Gasteiger partial charge in [0.05, 0.1) is 0 Å². The van der Waals surface area contributed by atoms with E-state index in [-0.39, 0.29) is 5.56 Å². The lowest BCUT2D eigenvalue weighted by atomic mass is 9.89. The van der Waals surface area contributed by atoms with Gasteiger partial charge >= 0.3 is 0 Å². The minimum absolute atomic E-state index is 0.0894. The molecule has 5 rings (SSSR count). The van der Waals surface area contributed by atoms with E-state index in [0.717, 1.165) is 64.5 Å². The van der Waals surface area contributed by atoms with Crippen LogP contribution in [0.1, 0.15) is 59.8 Å². The third-order valence-electron chi connectivity index (χ3n) is 8.59. The molecule has 1 fully saturated rings. The van der Waals surface area contributed by atoms with E-state index in [4.69, 9.17) is 16.6 Å². The Balaban J connectivity index is 1.46. The van der Waals surface area contributed by atoms with Crippen LogP contribution in [0.25, 0.3) is 17.2 Å². The first-order valence-corrected chi connectivity index (χ1v) is 16.1. The zero-order valence-electron chi connectivity index (χ0n) is 24.5. The Morgan fingerprint density at radius 2 is 1.83 bits per heavy atom. The maximum atomic E-state index is 13.7. The molecule has 1 atom stereocenters. The number of aromatic nitrogens is 1. The molecule has 1 N–H and O–H groups in total. The highest BCUT2D eigenvalue weighted by Gasteiger charge is 2.20. The van der Waals surface area contributed by atoms with Crippen molar-refractivity contribution >= 4 is 45.0 Å². The van der Waals surface area contributed by atoms with Gasteiger partial charge in [0.2, 0.25) is 0 Å². The number of anilines is 2. The van der Waals surface area contributed by atoms with Gasteiger partial charge in [-0.2, -0.15) is 0 Å². The fourth-order valence-electron chi connectivity index (χ4n) is 6.03. The molecule has 1 unspecified atom stereocenters. The van der Waals surface area contributed by atoms with Gasteiger partial charge in [-0.15, -0.1) is 0 Å². The van der Waals surface area contributed by atoms with Crippen LogP contribution in [-0.2, 0) is 6.54 Å². The zero-order chi connectivity index (χ0) is 29.1. The number of fused-ring (bicyclic) bond motifs is 1. The second-order valence-electron chi connectivity index (χ2n) is 11.4. The van der Waals surface area contributed by atoms with Crippen molar-refractivity contribution in [3.63, 3.8) is 0 Å². The molecule has 0 spiro atoms. The Morgan fingerprint density at radius 3 is 2.51 bits per heavy atom. The van der Waals surface area contributed by atoms with Crippen LogP contribution in [0.3, 0.4) is 0 Å². The number of hydrogen-bond donors (Lipinski definition) is 1. The van der Waals surface area contributed by atoms with Crippen molar-refractivity contribution in [3.05, 3.63) is 90.5 Å². The highest BCUT2D eigenvalue weighted by atomic mass is 79.9. The van der Waals surface area contributed by atoms with Crippen LogP contribution >= 0.6 is 27.5 Å². The monoisotopic (exact) mass is 634 g/mol. The Hall–Kier alpha value is -2.83. The smallest absolute Gasteiger partial charge is 0.260 e. The van der Waals surface area contributed by atoms with E-state index in [1.54, 1.807) is 4.57 Å². The summed E-state index contributed by atoms with van der Waals surface area (Å²) in [5.41, 5.74) is 5.40. The van der Waals surface area contributed by atoms with Crippen LogP contribution in [0, 0.1) is 11.8 Å². The molecule has 2 aromatic carbocycles. The lowest BCUT2D eigenvalue weighted by Crippen LogP contribution is -2.43. The van der Waals surface area contributed by atoms with Gasteiger partial charge in [-0.05, 0) is 98.9 Å². The lowest BCUT2D eigenvalue weighted by molar-refractivity contribution is 0.351. The third kappa shape index (κ3) is 6.49. The Kier molecular flexibility index (Phi) is 9.40. The van der Waals surface area contributed by atoms with Gasteiger partial charge in [0.15, 0.2) is 0 Å². The number of nitrogens with zero attached hydrogens (tertiary/aromatic N) is 3. The molecule has 3 aromatic rings. The Bertz CT molecular complexity index is 1620. The lowest BCUT2D eigenvalue weighted by Gasteiger charge is -2.24. The topological polar surface area (TPSA) is 49.6 Å². The first-order chi connectivity index (χ1) is 19.8. The molecular weight excluding hydrogens is 596 g/mol. The second-order valence-corrected chi connectivity index (χ2v) is 12.8. The highest BCUT2D eigenvalue weighted by molar-refractivity contribution is 9.10. The normalized spacial score (nSPS) is 17.4. The predicted molar refractivity (Wildman–Crippen MR) is 176 cm³/mol. The molecule has 216 valence electrons. The van der Waals surface area contributed by atoms with Gasteiger partial charge in [-0.1, -0.05) is 60.4 Å². The standard InChI is InChI=1S/C34H40BrClN4O/c1-5-23-9-10-25-20-30(29-16-11-26(35)21-31(29)36)34(41)40(6-2)33(25)38-32(23)37-27-12-14-28(15-13-27)39-18-7-8-24(17-19-39)22(3)4/h10-16,20-22,24,37H,5-9,17-19H2,1-4H3. The maximum Gasteiger partial charge on any atom is 0.260 e. The average molecular weight is 636 g/mol. The molecule has 2 aliphatic heterocycles. The van der Waals surface area contributed by atoms with E-state index >= 15 is 0 Å². The van der Waals surface area contributed by atoms with Crippen LogP contribution in [0.15, 0.2) is 74.2 Å². The molecule has 5 nitrogen and oxygen atoms in total. The fraction of sp³-hybridized carbons (Fsp3) is 0.412. The number of halogens is 2. The van der Waals surface area contributed by atoms with Gasteiger partial charge in [-0.25, -0.2) is 4.99 Å². The van der Waals surface area contributed by atoms with Crippen LogP contribution in [-0.4, -0.2) is 17.7 Å². The molecule has 0 radical (unpaired) electrons. The summed E-state index contributed by atoms with van der Waals surface area (Å²) in [6, 6.07) is 16.3. The second kappa shape index (κ2) is 13.0. The summed E-state index contributed by atoms with van der Waals surface area (Å²) in [6.45, 7) is 11.6. The molecule has 7 heteroatoms. The highest BCUT2D eigenvalue weighted by Crippen LogP contribution is 2.30. The van der Waals surface area contributed by atoms with Gasteiger partial charge in [-0.3, -0.25) is 9.36 Å². The van der Waals surface area contributed by atoms with Crippen molar-refractivity contribution in [2.24, 2.45) is 16.8 Å². The SMILES string of the molecule is CCC1=C(Nc2ccc(N3CCCC(C(C)C)CC3)cc2)N=c2c(cc(-c3ccc(Br)cc3Cl)c(=O)n2CC)=CC1. The summed E-state index contributed by atoms with van der Waals surface area (Å²) >= 11 is 10.0. The summed E-state index contributed by atoms with van der Waals surface area (Å²) in [5, 5.41) is 5.08. The van der Waals surface area contributed by atoms with Gasteiger partial charge in [0, 0.05) is 56.8 Å². The van der Waals surface area contributed by atoms with Crippen LogP contribution in [0.5, 0.6) is 0 Å². The van der Waals surface area contributed by atoms with Gasteiger partial charge in [0.25, 0.3) is 5.56 Å². The van der Waals surface area contributed by atoms with Crippen molar-refractivity contribution < 1.29 is 0 Å². The van der Waals surface area contributed by atoms with Crippen LogP contribution < -0.4 is 26.5 Å². The number of benzene rings is 2. The predicted octanol–water partition coefficient (Wildman–Crippen LogP) is 7.75. The molecular formula is C34H40BrClN4O. The first kappa shape index (κ1) is 29.7. The Labute approximate surface area is 256 Å². The van der Waals surface area contributed by atoms with E-state index in [2.05, 4.69) is 77.3 Å².